The van der Waals surface area contributed by atoms with E-state index in [0.717, 1.165) is 6.07 Å². The van der Waals surface area contributed by atoms with Gasteiger partial charge in [-0.3, -0.25) is 9.48 Å². The zero-order valence-electron chi connectivity index (χ0n) is 21.8. The van der Waals surface area contributed by atoms with Crippen LogP contribution in [-0.4, -0.2) is 53.4 Å². The van der Waals surface area contributed by atoms with Gasteiger partial charge in [-0.15, -0.1) is 0 Å². The van der Waals surface area contributed by atoms with Crippen LogP contribution >= 0.6 is 0 Å². The number of fused-ring (bicyclic) bond motifs is 3. The van der Waals surface area contributed by atoms with Crippen molar-refractivity contribution in [3.05, 3.63) is 88.9 Å². The highest BCUT2D eigenvalue weighted by molar-refractivity contribution is 5.96. The number of rotatable bonds is 8. The van der Waals surface area contributed by atoms with Gasteiger partial charge in [0.1, 0.15) is 30.6 Å². The first-order valence-electron chi connectivity index (χ1n) is 12.6. The molecule has 8 nitrogen and oxygen atoms in total. The highest BCUT2D eigenvalue weighted by atomic mass is 19.1. The number of esters is 1. The number of aryl methyl sites for hydroxylation is 1. The molecule has 2 aliphatic rings. The Morgan fingerprint density at radius 3 is 2.75 bits per heavy atom. The zero-order valence-corrected chi connectivity index (χ0v) is 21.8. The lowest BCUT2D eigenvalue weighted by Gasteiger charge is -2.27. The molecular formula is C29H26F3N3O5. The van der Waals surface area contributed by atoms with E-state index in [4.69, 9.17) is 9.47 Å². The van der Waals surface area contributed by atoms with Crippen LogP contribution < -0.4 is 9.47 Å². The molecule has 0 saturated carbocycles. The van der Waals surface area contributed by atoms with Crippen LogP contribution in [0.1, 0.15) is 32.8 Å². The van der Waals surface area contributed by atoms with Crippen molar-refractivity contribution in [1.82, 2.24) is 14.7 Å². The van der Waals surface area contributed by atoms with Crippen molar-refractivity contribution in [3.63, 3.8) is 0 Å². The molecule has 11 heteroatoms. The number of amides is 1. The summed E-state index contributed by atoms with van der Waals surface area (Å²) in [4.78, 5) is 26.9. The SMILES string of the molecule is COC(=O)c1ccc(OCCN(CC2CC=CC=C2F)C(=O)c2nn(C)c3c2COc2ccc(F)cc2-3)c(F)c1. The molecule has 40 heavy (non-hydrogen) atoms. The minimum atomic E-state index is -0.769. The highest BCUT2D eigenvalue weighted by Gasteiger charge is 2.32. The van der Waals surface area contributed by atoms with Crippen molar-refractivity contribution >= 4 is 11.9 Å². The van der Waals surface area contributed by atoms with Crippen LogP contribution in [0, 0.1) is 17.6 Å². The number of carbonyl (C=O) groups is 2. The van der Waals surface area contributed by atoms with E-state index in [2.05, 4.69) is 9.84 Å². The summed E-state index contributed by atoms with van der Waals surface area (Å²) in [7, 11) is 2.84. The topological polar surface area (TPSA) is 82.9 Å². The molecule has 2 aromatic carbocycles. The van der Waals surface area contributed by atoms with E-state index >= 15 is 0 Å². The van der Waals surface area contributed by atoms with Crippen LogP contribution in [0.15, 0.2) is 60.5 Å². The van der Waals surface area contributed by atoms with Crippen molar-refractivity contribution in [2.24, 2.45) is 13.0 Å². The number of carbonyl (C=O) groups excluding carboxylic acids is 2. The summed E-state index contributed by atoms with van der Waals surface area (Å²) in [6, 6.07) is 7.80. The van der Waals surface area contributed by atoms with Crippen LogP contribution in [0.25, 0.3) is 11.3 Å². The Bertz CT molecular complexity index is 1530. The van der Waals surface area contributed by atoms with Crippen molar-refractivity contribution in [3.8, 4) is 22.8 Å². The maximum absolute atomic E-state index is 14.6. The molecule has 208 valence electrons. The van der Waals surface area contributed by atoms with E-state index < -0.39 is 29.4 Å². The first kappa shape index (κ1) is 27.0. The maximum atomic E-state index is 14.6. The number of hydrogen-bond donors (Lipinski definition) is 0. The Morgan fingerprint density at radius 1 is 1.18 bits per heavy atom. The molecular weight excluding hydrogens is 527 g/mol. The van der Waals surface area contributed by atoms with Gasteiger partial charge < -0.3 is 19.1 Å². The fourth-order valence-corrected chi connectivity index (χ4v) is 4.81. The van der Waals surface area contributed by atoms with E-state index in [0.29, 0.717) is 29.0 Å². The lowest BCUT2D eigenvalue weighted by atomic mass is 9.98. The summed E-state index contributed by atoms with van der Waals surface area (Å²) in [5.74, 6) is -2.98. The average Bonchev–Trinajstić information content (AvgIpc) is 3.30. The van der Waals surface area contributed by atoms with Gasteiger partial charge in [-0.1, -0.05) is 12.2 Å². The smallest absolute Gasteiger partial charge is 0.337 e. The Kier molecular flexibility index (Phi) is 7.63. The second-order valence-electron chi connectivity index (χ2n) is 9.38. The molecule has 3 aromatic rings. The van der Waals surface area contributed by atoms with Gasteiger partial charge in [0, 0.05) is 30.6 Å². The predicted molar refractivity (Wildman–Crippen MR) is 139 cm³/mol. The van der Waals surface area contributed by atoms with E-state index in [1.165, 1.54) is 53.1 Å². The number of hydrogen-bond acceptors (Lipinski definition) is 6. The number of allylic oxidation sites excluding steroid dienone is 3. The molecule has 1 unspecified atom stereocenters. The first-order chi connectivity index (χ1) is 19.3. The molecule has 0 N–H and O–H groups in total. The van der Waals surface area contributed by atoms with Crippen molar-refractivity contribution in [2.75, 3.05) is 26.8 Å². The number of benzene rings is 2. The Morgan fingerprint density at radius 2 is 2.00 bits per heavy atom. The molecule has 0 saturated heterocycles. The molecule has 1 aliphatic carbocycles. The molecule has 0 spiro atoms. The maximum Gasteiger partial charge on any atom is 0.337 e. The molecule has 1 atom stereocenters. The minimum Gasteiger partial charge on any atom is -0.489 e. The average molecular weight is 554 g/mol. The van der Waals surface area contributed by atoms with E-state index in [9.17, 15) is 22.8 Å². The number of nitrogens with zero attached hydrogens (tertiary/aromatic N) is 3. The standard InChI is InChI=1S/C29H26F3N3O5/c1-34-27-20-14-19(30)8-10-24(20)40-16-21(27)26(33-34)28(36)35(15-18-5-3-4-6-22(18)31)11-12-39-25-9-7-17(13-23(25)32)29(37)38-2/h3-4,6-10,13-14,18H,5,11-12,15-16H2,1-2H3. The fourth-order valence-electron chi connectivity index (χ4n) is 4.81. The van der Waals surface area contributed by atoms with Gasteiger partial charge >= 0.3 is 5.97 Å². The normalized spacial score (nSPS) is 15.4. The second-order valence-corrected chi connectivity index (χ2v) is 9.38. The summed E-state index contributed by atoms with van der Waals surface area (Å²) in [5.41, 5.74) is 1.64. The summed E-state index contributed by atoms with van der Waals surface area (Å²) < 4.78 is 60.6. The third-order valence-electron chi connectivity index (χ3n) is 6.82. The van der Waals surface area contributed by atoms with E-state index in [1.54, 1.807) is 13.1 Å². The zero-order chi connectivity index (χ0) is 28.4. The van der Waals surface area contributed by atoms with Crippen molar-refractivity contribution in [1.29, 1.82) is 0 Å². The molecule has 1 aromatic heterocycles. The molecule has 5 rings (SSSR count). The summed E-state index contributed by atoms with van der Waals surface area (Å²) in [5, 5.41) is 4.42. The van der Waals surface area contributed by atoms with E-state index in [1.807, 2.05) is 6.08 Å². The van der Waals surface area contributed by atoms with Gasteiger partial charge in [0.25, 0.3) is 5.91 Å². The molecule has 2 heterocycles. The number of ether oxygens (including phenoxy) is 3. The lowest BCUT2D eigenvalue weighted by Crippen LogP contribution is -2.39. The van der Waals surface area contributed by atoms with Gasteiger partial charge in [0.2, 0.25) is 0 Å². The van der Waals surface area contributed by atoms with Gasteiger partial charge in [0.15, 0.2) is 17.3 Å². The number of methoxy groups -OCH3 is 1. The second kappa shape index (κ2) is 11.3. The Balaban J connectivity index is 1.39. The predicted octanol–water partition coefficient (Wildman–Crippen LogP) is 5.00. The van der Waals surface area contributed by atoms with Crippen LogP contribution in [0.4, 0.5) is 13.2 Å². The van der Waals surface area contributed by atoms with Crippen LogP contribution in [0.2, 0.25) is 0 Å². The van der Waals surface area contributed by atoms with Crippen LogP contribution in [-0.2, 0) is 18.4 Å². The molecule has 0 radical (unpaired) electrons. The monoisotopic (exact) mass is 553 g/mol. The van der Waals surface area contributed by atoms with Crippen molar-refractivity contribution in [2.45, 2.75) is 13.0 Å². The first-order valence-corrected chi connectivity index (χ1v) is 12.6. The quantitative estimate of drug-likeness (QED) is 0.366. The van der Waals surface area contributed by atoms with Gasteiger partial charge in [-0.25, -0.2) is 18.0 Å². The molecule has 1 amide bonds. The largest absolute Gasteiger partial charge is 0.489 e. The lowest BCUT2D eigenvalue weighted by molar-refractivity contribution is 0.0599. The molecule has 0 fully saturated rings. The minimum absolute atomic E-state index is 0.0120. The molecule has 0 bridgehead atoms. The fraction of sp³-hybridized carbons (Fsp3) is 0.276. The van der Waals surface area contributed by atoms with Gasteiger partial charge in [0.05, 0.1) is 24.9 Å². The van der Waals surface area contributed by atoms with Crippen molar-refractivity contribution < 1.29 is 37.0 Å². The van der Waals surface area contributed by atoms with Gasteiger partial charge in [-0.2, -0.15) is 5.10 Å². The van der Waals surface area contributed by atoms with Gasteiger partial charge in [-0.05, 0) is 48.9 Å². The summed E-state index contributed by atoms with van der Waals surface area (Å²) in [6.07, 6.45) is 5.18. The van der Waals surface area contributed by atoms with E-state index in [-0.39, 0.29) is 49.1 Å². The summed E-state index contributed by atoms with van der Waals surface area (Å²) in [6.45, 7) is -0.0584. The summed E-state index contributed by atoms with van der Waals surface area (Å²) >= 11 is 0. The highest BCUT2D eigenvalue weighted by Crippen LogP contribution is 2.39. The Labute approximate surface area is 228 Å². The van der Waals surface area contributed by atoms with Crippen LogP contribution in [0.3, 0.4) is 0 Å². The molecule has 1 aliphatic heterocycles. The third-order valence-corrected chi connectivity index (χ3v) is 6.82. The third kappa shape index (κ3) is 5.31. The number of halogens is 3. The number of aromatic nitrogens is 2. The Hall–Kier alpha value is -4.54. The van der Waals surface area contributed by atoms with Crippen LogP contribution in [0.5, 0.6) is 11.5 Å².